The number of nitrogens with zero attached hydrogens (tertiary/aromatic N) is 1. The smallest absolute Gasteiger partial charge is 0.287 e. The largest absolute Gasteiger partial charge is 0.459 e. The van der Waals surface area contributed by atoms with E-state index in [2.05, 4.69) is 10.3 Å². The third kappa shape index (κ3) is 2.28. The number of hydrogen-bond acceptors (Lipinski definition) is 3. The van der Waals surface area contributed by atoms with E-state index in [0.29, 0.717) is 12.3 Å². The zero-order valence-electron chi connectivity index (χ0n) is 8.93. The van der Waals surface area contributed by atoms with Gasteiger partial charge < -0.3 is 9.73 Å². The van der Waals surface area contributed by atoms with Gasteiger partial charge in [0.25, 0.3) is 5.91 Å². The summed E-state index contributed by atoms with van der Waals surface area (Å²) in [5.74, 6) is 0.143. The van der Waals surface area contributed by atoms with E-state index in [4.69, 9.17) is 4.42 Å². The van der Waals surface area contributed by atoms with Crippen LogP contribution in [0.5, 0.6) is 0 Å². The third-order valence-electron chi connectivity index (χ3n) is 2.22. The van der Waals surface area contributed by atoms with Crippen molar-refractivity contribution in [3.8, 4) is 0 Å². The Kier molecular flexibility index (Phi) is 3.00. The fourth-order valence-electron chi connectivity index (χ4n) is 1.36. The molecule has 0 aliphatic rings. The molecule has 82 valence electrons. The maximum Gasteiger partial charge on any atom is 0.287 e. The van der Waals surface area contributed by atoms with Crippen LogP contribution in [0.15, 0.2) is 41.1 Å². The van der Waals surface area contributed by atoms with Gasteiger partial charge in [-0.15, -0.1) is 0 Å². The van der Waals surface area contributed by atoms with Gasteiger partial charge in [-0.05, 0) is 25.1 Å². The molecule has 0 fully saturated rings. The van der Waals surface area contributed by atoms with Crippen molar-refractivity contribution in [3.05, 3.63) is 53.7 Å². The van der Waals surface area contributed by atoms with Crippen molar-refractivity contribution in [2.45, 2.75) is 13.5 Å². The molecule has 2 aromatic rings. The van der Waals surface area contributed by atoms with E-state index in [0.717, 1.165) is 11.3 Å². The Bertz CT molecular complexity index is 477. The Morgan fingerprint density at radius 2 is 2.31 bits per heavy atom. The summed E-state index contributed by atoms with van der Waals surface area (Å²) in [5, 5.41) is 2.75. The van der Waals surface area contributed by atoms with Crippen molar-refractivity contribution in [2.75, 3.05) is 0 Å². The molecule has 2 heterocycles. The van der Waals surface area contributed by atoms with E-state index in [1.807, 2.05) is 25.1 Å². The number of carbonyl (C=O) groups is 1. The van der Waals surface area contributed by atoms with Crippen LogP contribution in [0, 0.1) is 6.92 Å². The van der Waals surface area contributed by atoms with Gasteiger partial charge in [-0.25, -0.2) is 0 Å². The summed E-state index contributed by atoms with van der Waals surface area (Å²) in [5.41, 5.74) is 1.65. The van der Waals surface area contributed by atoms with E-state index in [9.17, 15) is 4.79 Å². The molecule has 0 aromatic carbocycles. The molecule has 0 saturated carbocycles. The topological polar surface area (TPSA) is 55.1 Å². The number of aryl methyl sites for hydroxylation is 1. The minimum Gasteiger partial charge on any atom is -0.459 e. The summed E-state index contributed by atoms with van der Waals surface area (Å²) in [4.78, 5) is 15.8. The lowest BCUT2D eigenvalue weighted by Gasteiger charge is -2.02. The molecule has 0 aliphatic heterocycles. The molecule has 0 radical (unpaired) electrons. The fourth-order valence-corrected chi connectivity index (χ4v) is 1.36. The highest BCUT2D eigenvalue weighted by molar-refractivity contribution is 5.92. The van der Waals surface area contributed by atoms with Crippen LogP contribution in [-0.2, 0) is 6.54 Å². The highest BCUT2D eigenvalue weighted by atomic mass is 16.3. The molecule has 0 aliphatic carbocycles. The Morgan fingerprint density at radius 3 is 2.94 bits per heavy atom. The van der Waals surface area contributed by atoms with Gasteiger partial charge in [-0.2, -0.15) is 0 Å². The molecule has 0 unspecified atom stereocenters. The molecule has 0 spiro atoms. The zero-order chi connectivity index (χ0) is 11.4. The van der Waals surface area contributed by atoms with Gasteiger partial charge in [0, 0.05) is 11.8 Å². The monoisotopic (exact) mass is 216 g/mol. The molecular formula is C12H12N2O2. The highest BCUT2D eigenvalue weighted by Gasteiger charge is 2.11. The summed E-state index contributed by atoms with van der Waals surface area (Å²) in [6.07, 6.45) is 3.20. The van der Waals surface area contributed by atoms with Crippen LogP contribution in [0.1, 0.15) is 21.8 Å². The first-order valence-corrected chi connectivity index (χ1v) is 4.99. The summed E-state index contributed by atoms with van der Waals surface area (Å²) >= 11 is 0. The van der Waals surface area contributed by atoms with Crippen LogP contribution in [0.3, 0.4) is 0 Å². The molecule has 4 nitrogen and oxygen atoms in total. The molecule has 2 aromatic heterocycles. The van der Waals surface area contributed by atoms with E-state index in [-0.39, 0.29) is 5.91 Å². The second-order valence-electron chi connectivity index (χ2n) is 3.44. The van der Waals surface area contributed by atoms with Crippen LogP contribution >= 0.6 is 0 Å². The summed E-state index contributed by atoms with van der Waals surface area (Å²) in [6, 6.07) is 7.33. The predicted molar refractivity (Wildman–Crippen MR) is 58.9 cm³/mol. The van der Waals surface area contributed by atoms with Crippen molar-refractivity contribution in [2.24, 2.45) is 0 Å². The number of pyridine rings is 1. The molecular weight excluding hydrogens is 204 g/mol. The van der Waals surface area contributed by atoms with Crippen LogP contribution in [0.2, 0.25) is 0 Å². The first kappa shape index (κ1) is 10.4. The van der Waals surface area contributed by atoms with Crippen LogP contribution in [-0.4, -0.2) is 10.9 Å². The summed E-state index contributed by atoms with van der Waals surface area (Å²) in [6.45, 7) is 2.24. The zero-order valence-corrected chi connectivity index (χ0v) is 8.93. The van der Waals surface area contributed by atoms with Crippen LogP contribution in [0.4, 0.5) is 0 Å². The Morgan fingerprint density at radius 1 is 1.44 bits per heavy atom. The minimum atomic E-state index is -0.215. The average Bonchev–Trinajstić information content (AvgIpc) is 2.74. The molecule has 2 rings (SSSR count). The van der Waals surface area contributed by atoms with Crippen molar-refractivity contribution in [3.63, 3.8) is 0 Å². The third-order valence-corrected chi connectivity index (χ3v) is 2.22. The average molecular weight is 216 g/mol. The Balaban J connectivity index is 1.97. The maximum absolute atomic E-state index is 11.7. The van der Waals surface area contributed by atoms with Gasteiger partial charge in [0.1, 0.15) is 0 Å². The van der Waals surface area contributed by atoms with Gasteiger partial charge in [-0.1, -0.05) is 6.07 Å². The molecule has 4 heteroatoms. The molecule has 1 N–H and O–H groups in total. The molecule has 1 amide bonds. The van der Waals surface area contributed by atoms with Crippen molar-refractivity contribution < 1.29 is 9.21 Å². The molecule has 0 saturated heterocycles. The highest BCUT2D eigenvalue weighted by Crippen LogP contribution is 2.08. The SMILES string of the molecule is Cc1ccoc1C(=O)NCc1ccccn1. The Hall–Kier alpha value is -2.10. The van der Waals surface area contributed by atoms with Crippen molar-refractivity contribution >= 4 is 5.91 Å². The lowest BCUT2D eigenvalue weighted by Crippen LogP contribution is -2.23. The van der Waals surface area contributed by atoms with Gasteiger partial charge in [0.15, 0.2) is 5.76 Å². The summed E-state index contributed by atoms with van der Waals surface area (Å²) < 4.78 is 5.08. The van der Waals surface area contributed by atoms with Gasteiger partial charge >= 0.3 is 0 Å². The normalized spacial score (nSPS) is 10.1. The quantitative estimate of drug-likeness (QED) is 0.852. The Labute approximate surface area is 93.3 Å². The number of hydrogen-bond donors (Lipinski definition) is 1. The number of nitrogens with one attached hydrogen (secondary N) is 1. The number of carbonyl (C=O) groups excluding carboxylic acids is 1. The van der Waals surface area contributed by atoms with Crippen LogP contribution in [0.25, 0.3) is 0 Å². The van der Waals surface area contributed by atoms with Gasteiger partial charge in [0.2, 0.25) is 0 Å². The van der Waals surface area contributed by atoms with Crippen LogP contribution < -0.4 is 5.32 Å². The maximum atomic E-state index is 11.7. The molecule has 16 heavy (non-hydrogen) atoms. The molecule has 0 atom stereocenters. The lowest BCUT2D eigenvalue weighted by atomic mass is 10.2. The van der Waals surface area contributed by atoms with E-state index >= 15 is 0 Å². The van der Waals surface area contributed by atoms with E-state index in [1.54, 1.807) is 12.3 Å². The molecule has 0 bridgehead atoms. The first-order valence-electron chi connectivity index (χ1n) is 4.99. The van der Waals surface area contributed by atoms with Crippen molar-refractivity contribution in [1.82, 2.24) is 10.3 Å². The fraction of sp³-hybridized carbons (Fsp3) is 0.167. The number of aromatic nitrogens is 1. The number of rotatable bonds is 3. The summed E-state index contributed by atoms with van der Waals surface area (Å²) in [7, 11) is 0. The van der Waals surface area contributed by atoms with Crippen molar-refractivity contribution in [1.29, 1.82) is 0 Å². The van der Waals surface area contributed by atoms with E-state index < -0.39 is 0 Å². The van der Waals surface area contributed by atoms with E-state index in [1.165, 1.54) is 6.26 Å². The second kappa shape index (κ2) is 4.61. The second-order valence-corrected chi connectivity index (χ2v) is 3.44. The first-order chi connectivity index (χ1) is 7.77. The lowest BCUT2D eigenvalue weighted by molar-refractivity contribution is 0.0922. The minimum absolute atomic E-state index is 0.215. The standard InChI is InChI=1S/C12H12N2O2/c1-9-5-7-16-11(9)12(15)14-8-10-4-2-3-6-13-10/h2-7H,8H2,1H3,(H,14,15). The van der Waals surface area contributed by atoms with Gasteiger partial charge in [0.05, 0.1) is 18.5 Å². The number of amides is 1. The predicted octanol–water partition coefficient (Wildman–Crippen LogP) is 1.91. The van der Waals surface area contributed by atoms with Gasteiger partial charge in [-0.3, -0.25) is 9.78 Å². The number of furan rings is 1.